The lowest BCUT2D eigenvalue weighted by Gasteiger charge is -2.24. The van der Waals surface area contributed by atoms with Crippen molar-refractivity contribution in [3.05, 3.63) is 114 Å². The molecule has 0 saturated heterocycles. The van der Waals surface area contributed by atoms with Crippen molar-refractivity contribution in [1.82, 2.24) is 4.57 Å². The summed E-state index contributed by atoms with van der Waals surface area (Å²) in [6.07, 6.45) is 1.65. The quantitative estimate of drug-likeness (QED) is 0.321. The highest BCUT2D eigenvalue weighted by Gasteiger charge is 2.33. The van der Waals surface area contributed by atoms with E-state index in [0.717, 1.165) is 5.56 Å². The number of esters is 2. The number of carbonyl (C=O) groups excluding carboxylic acids is 2. The van der Waals surface area contributed by atoms with Crippen molar-refractivity contribution >= 4 is 41.0 Å². The Morgan fingerprint density at radius 2 is 1.79 bits per heavy atom. The summed E-state index contributed by atoms with van der Waals surface area (Å²) in [6, 6.07) is 16.6. The number of furan rings is 1. The molecule has 0 N–H and O–H groups in total. The normalized spacial score (nSPS) is 15.1. The van der Waals surface area contributed by atoms with Gasteiger partial charge in [-0.3, -0.25) is 9.36 Å². The number of benzene rings is 2. The second kappa shape index (κ2) is 10.9. The van der Waals surface area contributed by atoms with E-state index in [4.69, 9.17) is 25.5 Å². The molecule has 8 nitrogen and oxygen atoms in total. The summed E-state index contributed by atoms with van der Waals surface area (Å²) in [5.41, 5.74) is 2.38. The maximum Gasteiger partial charge on any atom is 0.338 e. The fraction of sp³-hybridized carbons (Fsp3) is 0.172. The Kier molecular flexibility index (Phi) is 7.36. The van der Waals surface area contributed by atoms with Crippen LogP contribution in [0.4, 0.5) is 0 Å². The molecule has 1 aliphatic heterocycles. The average molecular weight is 563 g/mol. The molecule has 0 unspecified atom stereocenters. The van der Waals surface area contributed by atoms with Crippen LogP contribution in [0, 0.1) is 0 Å². The molecule has 1 atom stereocenters. The zero-order valence-corrected chi connectivity index (χ0v) is 22.8. The van der Waals surface area contributed by atoms with Gasteiger partial charge in [-0.15, -0.1) is 0 Å². The van der Waals surface area contributed by atoms with Crippen LogP contribution in [0.3, 0.4) is 0 Å². The maximum absolute atomic E-state index is 13.7. The van der Waals surface area contributed by atoms with Crippen molar-refractivity contribution in [3.63, 3.8) is 0 Å². The summed E-state index contributed by atoms with van der Waals surface area (Å²) in [7, 11) is 1.33. The van der Waals surface area contributed by atoms with Gasteiger partial charge in [0.1, 0.15) is 11.5 Å². The Balaban J connectivity index is 1.57. The van der Waals surface area contributed by atoms with Crippen LogP contribution in [0.25, 0.3) is 17.4 Å². The van der Waals surface area contributed by atoms with Gasteiger partial charge >= 0.3 is 11.9 Å². The third-order valence-electron chi connectivity index (χ3n) is 6.19. The number of halogens is 1. The summed E-state index contributed by atoms with van der Waals surface area (Å²) in [5.74, 6) is 0.0961. The van der Waals surface area contributed by atoms with Gasteiger partial charge < -0.3 is 13.9 Å². The lowest BCUT2D eigenvalue weighted by molar-refractivity contribution is -0.139. The number of rotatable bonds is 6. The molecule has 2 aromatic carbocycles. The third kappa shape index (κ3) is 5.10. The standard InChI is InChI=1S/C29H23ClN2O6S/c1-4-37-28(35)24-16(2)31-29-32(25(24)18-9-11-20(30)12-10-18)26(33)23(39-29)15-21-13-14-22(38-21)17-5-7-19(8-6-17)27(34)36-3/h5-15,25H,4H2,1-3H3/t25-/m0/s1. The van der Waals surface area contributed by atoms with Crippen molar-refractivity contribution in [2.24, 2.45) is 4.99 Å². The number of hydrogen-bond acceptors (Lipinski definition) is 8. The molecule has 1 aliphatic rings. The van der Waals surface area contributed by atoms with Gasteiger partial charge in [0.25, 0.3) is 5.56 Å². The minimum Gasteiger partial charge on any atom is -0.465 e. The second-order valence-corrected chi connectivity index (χ2v) is 10.1. The summed E-state index contributed by atoms with van der Waals surface area (Å²) in [5, 5.41) is 0.540. The lowest BCUT2D eigenvalue weighted by Crippen LogP contribution is -2.39. The molecule has 0 fully saturated rings. The molecule has 0 amide bonds. The summed E-state index contributed by atoms with van der Waals surface area (Å²) >= 11 is 7.31. The minimum atomic E-state index is -0.722. The van der Waals surface area contributed by atoms with E-state index in [1.54, 1.807) is 80.6 Å². The lowest BCUT2D eigenvalue weighted by atomic mass is 9.96. The molecule has 0 bridgehead atoms. The fourth-order valence-corrected chi connectivity index (χ4v) is 5.51. The number of methoxy groups -OCH3 is 1. The van der Waals surface area contributed by atoms with E-state index in [1.165, 1.54) is 23.0 Å². The van der Waals surface area contributed by atoms with Gasteiger partial charge in [0, 0.05) is 16.7 Å². The van der Waals surface area contributed by atoms with E-state index in [0.29, 0.717) is 48.3 Å². The SMILES string of the molecule is CCOC(=O)C1=C(C)N=c2sc(=Cc3ccc(-c4ccc(C(=O)OC)cc4)o3)c(=O)n2[C@H]1c1ccc(Cl)cc1. The van der Waals surface area contributed by atoms with Crippen LogP contribution in [-0.2, 0) is 14.3 Å². The summed E-state index contributed by atoms with van der Waals surface area (Å²) < 4.78 is 17.9. The molecule has 0 radical (unpaired) electrons. The highest BCUT2D eigenvalue weighted by Crippen LogP contribution is 2.31. The smallest absolute Gasteiger partial charge is 0.338 e. The molecule has 2 aromatic heterocycles. The molecule has 3 heterocycles. The van der Waals surface area contributed by atoms with E-state index < -0.39 is 18.0 Å². The van der Waals surface area contributed by atoms with Crippen LogP contribution in [0.15, 0.2) is 86.1 Å². The summed E-state index contributed by atoms with van der Waals surface area (Å²) in [4.78, 5) is 43.4. The number of fused-ring (bicyclic) bond motifs is 1. The van der Waals surface area contributed by atoms with E-state index in [-0.39, 0.29) is 12.2 Å². The number of carbonyl (C=O) groups is 2. The van der Waals surface area contributed by atoms with Gasteiger partial charge in [-0.25, -0.2) is 14.6 Å². The Morgan fingerprint density at radius 3 is 2.46 bits per heavy atom. The predicted octanol–water partition coefficient (Wildman–Crippen LogP) is 4.50. The van der Waals surface area contributed by atoms with Crippen LogP contribution in [0.1, 0.15) is 41.6 Å². The average Bonchev–Trinajstić information content (AvgIpc) is 3.52. The van der Waals surface area contributed by atoms with Crippen LogP contribution in [0.2, 0.25) is 5.02 Å². The van der Waals surface area contributed by atoms with E-state index in [1.807, 2.05) is 0 Å². The van der Waals surface area contributed by atoms with Crippen molar-refractivity contribution in [1.29, 1.82) is 0 Å². The molecule has 0 aliphatic carbocycles. The van der Waals surface area contributed by atoms with E-state index >= 15 is 0 Å². The Labute approximate surface area is 232 Å². The number of ether oxygens (including phenoxy) is 2. The van der Waals surface area contributed by atoms with Gasteiger partial charge in [0.15, 0.2) is 4.80 Å². The molecule has 4 aromatic rings. The Morgan fingerprint density at radius 1 is 1.08 bits per heavy atom. The zero-order chi connectivity index (χ0) is 27.7. The number of allylic oxidation sites excluding steroid dienone is 1. The van der Waals surface area contributed by atoms with Gasteiger partial charge in [0.05, 0.1) is 41.1 Å². The number of aromatic nitrogens is 1. The predicted molar refractivity (Wildman–Crippen MR) is 147 cm³/mol. The highest BCUT2D eigenvalue weighted by molar-refractivity contribution is 7.07. The summed E-state index contributed by atoms with van der Waals surface area (Å²) in [6.45, 7) is 3.65. The Bertz CT molecular complexity index is 1780. The van der Waals surface area contributed by atoms with Crippen molar-refractivity contribution in [3.8, 4) is 11.3 Å². The number of thiazole rings is 1. The van der Waals surface area contributed by atoms with Crippen molar-refractivity contribution in [2.75, 3.05) is 13.7 Å². The van der Waals surface area contributed by atoms with E-state index in [9.17, 15) is 14.4 Å². The zero-order valence-electron chi connectivity index (χ0n) is 21.3. The van der Waals surface area contributed by atoms with Crippen LogP contribution in [0.5, 0.6) is 0 Å². The van der Waals surface area contributed by atoms with Crippen molar-refractivity contribution in [2.45, 2.75) is 19.9 Å². The second-order valence-electron chi connectivity index (χ2n) is 8.62. The highest BCUT2D eigenvalue weighted by atomic mass is 35.5. The topological polar surface area (TPSA) is 100 Å². The van der Waals surface area contributed by atoms with Crippen LogP contribution in [-0.4, -0.2) is 30.2 Å². The van der Waals surface area contributed by atoms with Crippen LogP contribution >= 0.6 is 22.9 Å². The molecule has 198 valence electrons. The monoisotopic (exact) mass is 562 g/mol. The van der Waals surface area contributed by atoms with Gasteiger partial charge in [0.2, 0.25) is 0 Å². The molecular weight excluding hydrogens is 540 g/mol. The first-order chi connectivity index (χ1) is 18.8. The Hall–Kier alpha value is -4.21. The fourth-order valence-electron chi connectivity index (χ4n) is 4.36. The maximum atomic E-state index is 13.7. The van der Waals surface area contributed by atoms with Gasteiger partial charge in [-0.1, -0.05) is 47.2 Å². The first-order valence-corrected chi connectivity index (χ1v) is 13.2. The number of hydrogen-bond donors (Lipinski definition) is 0. The van der Waals surface area contributed by atoms with E-state index in [2.05, 4.69) is 4.99 Å². The minimum absolute atomic E-state index is 0.194. The molecule has 0 saturated carbocycles. The molecule has 10 heteroatoms. The molecule has 5 rings (SSSR count). The molecule has 39 heavy (non-hydrogen) atoms. The largest absolute Gasteiger partial charge is 0.465 e. The number of nitrogens with zero attached hydrogens (tertiary/aromatic N) is 2. The molecular formula is C29H23ClN2O6S. The molecule has 0 spiro atoms. The van der Waals surface area contributed by atoms with Gasteiger partial charge in [-0.2, -0.15) is 0 Å². The van der Waals surface area contributed by atoms with Crippen molar-refractivity contribution < 1.29 is 23.5 Å². The first-order valence-electron chi connectivity index (χ1n) is 12.0. The first kappa shape index (κ1) is 26.4. The van der Waals surface area contributed by atoms with Gasteiger partial charge in [-0.05, 0) is 55.8 Å². The van der Waals surface area contributed by atoms with Crippen LogP contribution < -0.4 is 14.9 Å². The third-order valence-corrected chi connectivity index (χ3v) is 7.43.